The molecule has 0 spiro atoms. The summed E-state index contributed by atoms with van der Waals surface area (Å²) in [6.07, 6.45) is -4.39. The number of carbonyl (C=O) groups excluding carboxylic acids is 1. The molecule has 174 valence electrons. The molecule has 2 aromatic carbocycles. The van der Waals surface area contributed by atoms with Crippen LogP contribution >= 0.6 is 23.4 Å². The Hall–Kier alpha value is -2.92. The second kappa shape index (κ2) is 9.52. The Balaban J connectivity index is 1.32. The standard InChI is InChI=1S/C21H20ClF3N6OS/c22-16-6-4-14(5-7-16)19-27-28-20(31(19)26)33-13-18(32)30-10-8-29(9-11-30)17-3-1-2-15(12-17)21(23,24)25/h1-7,12H,8-11,13,26H2. The molecule has 33 heavy (non-hydrogen) atoms. The summed E-state index contributed by atoms with van der Waals surface area (Å²) in [4.78, 5) is 16.2. The molecule has 12 heteroatoms. The van der Waals surface area contributed by atoms with Gasteiger partial charge < -0.3 is 15.6 Å². The molecule has 0 saturated carbocycles. The molecule has 0 atom stereocenters. The highest BCUT2D eigenvalue weighted by molar-refractivity contribution is 7.99. The quantitative estimate of drug-likeness (QED) is 0.428. The predicted octanol–water partition coefficient (Wildman–Crippen LogP) is 3.77. The third kappa shape index (κ3) is 5.36. The van der Waals surface area contributed by atoms with Gasteiger partial charge in [-0.25, -0.2) is 4.68 Å². The number of nitrogens with two attached hydrogens (primary N) is 1. The molecular weight excluding hydrogens is 477 g/mol. The number of nitrogens with zero attached hydrogens (tertiary/aromatic N) is 5. The molecule has 0 unspecified atom stereocenters. The monoisotopic (exact) mass is 496 g/mol. The van der Waals surface area contributed by atoms with E-state index in [1.165, 1.54) is 22.5 Å². The van der Waals surface area contributed by atoms with Crippen LogP contribution in [0.5, 0.6) is 0 Å². The first-order chi connectivity index (χ1) is 15.7. The number of benzene rings is 2. The number of alkyl halides is 3. The molecule has 1 saturated heterocycles. The number of halogens is 4. The number of anilines is 1. The highest BCUT2D eigenvalue weighted by Crippen LogP contribution is 2.32. The number of piperazine rings is 1. The van der Waals surface area contributed by atoms with Gasteiger partial charge in [0.05, 0.1) is 11.3 Å². The van der Waals surface area contributed by atoms with Gasteiger partial charge in [-0.15, -0.1) is 10.2 Å². The van der Waals surface area contributed by atoms with Crippen LogP contribution in [0.3, 0.4) is 0 Å². The summed E-state index contributed by atoms with van der Waals surface area (Å²) >= 11 is 7.08. The minimum Gasteiger partial charge on any atom is -0.368 e. The van der Waals surface area contributed by atoms with Crippen LogP contribution in [0.2, 0.25) is 5.02 Å². The highest BCUT2D eigenvalue weighted by atomic mass is 35.5. The number of nitrogen functional groups attached to an aromatic ring is 1. The Morgan fingerprint density at radius 1 is 1.06 bits per heavy atom. The largest absolute Gasteiger partial charge is 0.416 e. The second-order valence-electron chi connectivity index (χ2n) is 7.39. The molecule has 7 nitrogen and oxygen atoms in total. The smallest absolute Gasteiger partial charge is 0.368 e. The SMILES string of the molecule is Nn1c(SCC(=O)N2CCN(c3cccc(C(F)(F)F)c3)CC2)nnc1-c1ccc(Cl)cc1. The van der Waals surface area contributed by atoms with Gasteiger partial charge in [0.1, 0.15) is 0 Å². The van der Waals surface area contributed by atoms with Crippen LogP contribution in [-0.2, 0) is 11.0 Å². The van der Waals surface area contributed by atoms with Crippen molar-refractivity contribution in [3.63, 3.8) is 0 Å². The first kappa shape index (κ1) is 23.2. The first-order valence-electron chi connectivity index (χ1n) is 10.0. The number of hydrogen-bond acceptors (Lipinski definition) is 6. The number of aromatic nitrogens is 3. The fourth-order valence-corrected chi connectivity index (χ4v) is 4.37. The molecule has 2 heterocycles. The van der Waals surface area contributed by atoms with Gasteiger partial charge >= 0.3 is 6.18 Å². The van der Waals surface area contributed by atoms with E-state index in [9.17, 15) is 18.0 Å². The Labute approximate surface area is 197 Å². The maximum atomic E-state index is 13.0. The van der Waals surface area contributed by atoms with Crippen LogP contribution in [0.15, 0.2) is 53.7 Å². The molecule has 1 aliphatic heterocycles. The number of amides is 1. The van der Waals surface area contributed by atoms with Gasteiger partial charge in [0.15, 0.2) is 5.82 Å². The van der Waals surface area contributed by atoms with E-state index in [2.05, 4.69) is 10.2 Å². The summed E-state index contributed by atoms with van der Waals surface area (Å²) in [6.45, 7) is 1.74. The van der Waals surface area contributed by atoms with Crippen LogP contribution in [0.1, 0.15) is 5.56 Å². The minimum absolute atomic E-state index is 0.0975. The highest BCUT2D eigenvalue weighted by Gasteiger charge is 2.31. The lowest BCUT2D eigenvalue weighted by Gasteiger charge is -2.36. The number of carbonyl (C=O) groups is 1. The van der Waals surface area contributed by atoms with Crippen molar-refractivity contribution < 1.29 is 18.0 Å². The fourth-order valence-electron chi connectivity index (χ4n) is 3.48. The molecule has 1 aromatic heterocycles. The summed E-state index contributed by atoms with van der Waals surface area (Å²) in [6, 6.07) is 12.2. The molecule has 0 aliphatic carbocycles. The molecule has 0 radical (unpaired) electrons. The average Bonchev–Trinajstić information content (AvgIpc) is 3.18. The van der Waals surface area contributed by atoms with Gasteiger partial charge in [0.25, 0.3) is 0 Å². The molecule has 1 aliphatic rings. The summed E-state index contributed by atoms with van der Waals surface area (Å²) < 4.78 is 40.2. The summed E-state index contributed by atoms with van der Waals surface area (Å²) in [7, 11) is 0. The van der Waals surface area contributed by atoms with E-state index in [1.807, 2.05) is 4.90 Å². The van der Waals surface area contributed by atoms with Crippen molar-refractivity contribution in [1.29, 1.82) is 0 Å². The first-order valence-corrected chi connectivity index (χ1v) is 11.4. The number of rotatable bonds is 5. The second-order valence-corrected chi connectivity index (χ2v) is 8.77. The normalized spacial score (nSPS) is 14.5. The van der Waals surface area contributed by atoms with Gasteiger partial charge in [-0.2, -0.15) is 13.2 Å². The van der Waals surface area contributed by atoms with Crippen LogP contribution in [0.4, 0.5) is 18.9 Å². The van der Waals surface area contributed by atoms with Crippen molar-refractivity contribution in [2.24, 2.45) is 0 Å². The maximum Gasteiger partial charge on any atom is 0.416 e. The topological polar surface area (TPSA) is 80.3 Å². The van der Waals surface area contributed by atoms with E-state index in [1.54, 1.807) is 35.2 Å². The Kier molecular flexibility index (Phi) is 6.71. The zero-order valence-electron chi connectivity index (χ0n) is 17.3. The number of thioether (sulfide) groups is 1. The van der Waals surface area contributed by atoms with Crippen LogP contribution in [0.25, 0.3) is 11.4 Å². The van der Waals surface area contributed by atoms with Gasteiger partial charge in [0.2, 0.25) is 11.1 Å². The summed E-state index contributed by atoms with van der Waals surface area (Å²) in [5.41, 5.74) is 0.564. The van der Waals surface area contributed by atoms with E-state index in [-0.39, 0.29) is 11.7 Å². The van der Waals surface area contributed by atoms with E-state index in [4.69, 9.17) is 17.4 Å². The molecule has 0 bridgehead atoms. The third-order valence-electron chi connectivity index (χ3n) is 5.26. The van der Waals surface area contributed by atoms with Gasteiger partial charge in [-0.3, -0.25) is 4.79 Å². The van der Waals surface area contributed by atoms with Gasteiger partial charge in [-0.05, 0) is 42.5 Å². The van der Waals surface area contributed by atoms with E-state index < -0.39 is 11.7 Å². The molecular formula is C21H20ClF3N6OS. The van der Waals surface area contributed by atoms with Crippen molar-refractivity contribution in [2.75, 3.05) is 42.7 Å². The zero-order chi connectivity index (χ0) is 23.6. The van der Waals surface area contributed by atoms with Crippen LogP contribution in [-0.4, -0.2) is 57.6 Å². The van der Waals surface area contributed by atoms with E-state index >= 15 is 0 Å². The van der Waals surface area contributed by atoms with Crippen molar-refractivity contribution in [3.8, 4) is 11.4 Å². The zero-order valence-corrected chi connectivity index (χ0v) is 18.9. The Bertz CT molecular complexity index is 1130. The third-order valence-corrected chi connectivity index (χ3v) is 6.44. The van der Waals surface area contributed by atoms with Crippen molar-refractivity contribution in [3.05, 3.63) is 59.1 Å². The summed E-state index contributed by atoms with van der Waals surface area (Å²) in [5, 5.41) is 9.14. The molecule has 3 aromatic rings. The van der Waals surface area contributed by atoms with Crippen molar-refractivity contribution >= 4 is 35.0 Å². The molecule has 1 fully saturated rings. The summed E-state index contributed by atoms with van der Waals surface area (Å²) in [5.74, 6) is 6.57. The van der Waals surface area contributed by atoms with Crippen LogP contribution < -0.4 is 10.7 Å². The number of hydrogen-bond donors (Lipinski definition) is 1. The van der Waals surface area contributed by atoms with Crippen molar-refractivity contribution in [1.82, 2.24) is 19.8 Å². The average molecular weight is 497 g/mol. The Morgan fingerprint density at radius 2 is 1.76 bits per heavy atom. The van der Waals surface area contributed by atoms with Gasteiger partial charge in [0, 0.05) is 42.5 Å². The molecule has 4 rings (SSSR count). The lowest BCUT2D eigenvalue weighted by Crippen LogP contribution is -2.49. The predicted molar refractivity (Wildman–Crippen MR) is 122 cm³/mol. The van der Waals surface area contributed by atoms with Gasteiger partial charge in [-0.1, -0.05) is 29.4 Å². The molecule has 1 amide bonds. The van der Waals surface area contributed by atoms with Crippen molar-refractivity contribution in [2.45, 2.75) is 11.3 Å². The Morgan fingerprint density at radius 3 is 2.42 bits per heavy atom. The van der Waals surface area contributed by atoms with Crippen LogP contribution in [0, 0.1) is 0 Å². The maximum absolute atomic E-state index is 13.0. The lowest BCUT2D eigenvalue weighted by atomic mass is 10.1. The fraction of sp³-hybridized carbons (Fsp3) is 0.286. The molecule has 2 N–H and O–H groups in total. The van der Waals surface area contributed by atoms with E-state index in [0.717, 1.165) is 17.7 Å². The lowest BCUT2D eigenvalue weighted by molar-refractivity contribution is -0.137. The van der Waals surface area contributed by atoms with E-state index in [0.29, 0.717) is 47.9 Å². The minimum atomic E-state index is -4.39.